The van der Waals surface area contributed by atoms with Gasteiger partial charge in [0, 0.05) is 44.0 Å². The van der Waals surface area contributed by atoms with Crippen molar-refractivity contribution in [3.63, 3.8) is 0 Å². The number of thiophene rings is 1. The van der Waals surface area contributed by atoms with Crippen LogP contribution in [0.15, 0.2) is 29.2 Å². The van der Waals surface area contributed by atoms with E-state index in [9.17, 15) is 0 Å². The zero-order valence-corrected chi connectivity index (χ0v) is 14.3. The molecule has 1 atom stereocenters. The van der Waals surface area contributed by atoms with Gasteiger partial charge >= 0.3 is 0 Å². The molecule has 1 aliphatic rings. The Morgan fingerprint density at radius 1 is 1.41 bits per heavy atom. The first-order chi connectivity index (χ1) is 10.7. The van der Waals surface area contributed by atoms with Gasteiger partial charge in [-0.15, -0.1) is 0 Å². The molecule has 5 heteroatoms. The molecule has 0 aliphatic carbocycles. The summed E-state index contributed by atoms with van der Waals surface area (Å²) in [5, 5.41) is 8.84. The minimum Gasteiger partial charge on any atom is -0.377 e. The molecular formula is C17H25N3OS. The molecule has 0 amide bonds. The van der Waals surface area contributed by atoms with Gasteiger partial charge in [-0.25, -0.2) is 0 Å². The van der Waals surface area contributed by atoms with Crippen LogP contribution in [0.3, 0.4) is 0 Å². The molecular weight excluding hydrogens is 294 g/mol. The highest BCUT2D eigenvalue weighted by Crippen LogP contribution is 2.18. The summed E-state index contributed by atoms with van der Waals surface area (Å²) in [6.07, 6.45) is 6.93. The van der Waals surface area contributed by atoms with E-state index in [2.05, 4.69) is 46.9 Å². The van der Waals surface area contributed by atoms with Crippen molar-refractivity contribution >= 4 is 11.3 Å². The third-order valence-corrected chi connectivity index (χ3v) is 4.79. The van der Waals surface area contributed by atoms with Gasteiger partial charge in [0.05, 0.1) is 12.3 Å². The van der Waals surface area contributed by atoms with Crippen molar-refractivity contribution in [2.24, 2.45) is 0 Å². The average molecular weight is 319 g/mol. The molecule has 0 aromatic carbocycles. The molecule has 4 nitrogen and oxygen atoms in total. The van der Waals surface area contributed by atoms with Gasteiger partial charge in [0.15, 0.2) is 0 Å². The van der Waals surface area contributed by atoms with E-state index in [0.29, 0.717) is 12.1 Å². The lowest BCUT2D eigenvalue weighted by Gasteiger charge is -2.24. The molecule has 3 heterocycles. The monoisotopic (exact) mass is 319 g/mol. The van der Waals surface area contributed by atoms with Gasteiger partial charge in [0.2, 0.25) is 0 Å². The number of ether oxygens (including phenoxy) is 1. The Balaban J connectivity index is 1.65. The SMILES string of the molecule is CC(C)n1cc(CN(Cc2ccsc2)CC2CCCO2)cn1. The van der Waals surface area contributed by atoms with Crippen molar-refractivity contribution in [3.8, 4) is 0 Å². The van der Waals surface area contributed by atoms with Gasteiger partial charge in [-0.2, -0.15) is 16.4 Å². The Bertz CT molecular complexity index is 558. The van der Waals surface area contributed by atoms with E-state index < -0.39 is 0 Å². The third-order valence-electron chi connectivity index (χ3n) is 4.06. The van der Waals surface area contributed by atoms with Crippen molar-refractivity contribution in [3.05, 3.63) is 40.3 Å². The first-order valence-corrected chi connectivity index (χ1v) is 9.03. The molecule has 0 spiro atoms. The molecule has 1 saturated heterocycles. The van der Waals surface area contributed by atoms with Gasteiger partial charge < -0.3 is 4.74 Å². The second-order valence-electron chi connectivity index (χ2n) is 6.36. The maximum atomic E-state index is 5.82. The highest BCUT2D eigenvalue weighted by atomic mass is 32.1. The fourth-order valence-electron chi connectivity index (χ4n) is 2.90. The topological polar surface area (TPSA) is 30.3 Å². The van der Waals surface area contributed by atoms with Crippen molar-refractivity contribution in [2.45, 2.75) is 51.9 Å². The number of nitrogens with zero attached hydrogens (tertiary/aromatic N) is 3. The van der Waals surface area contributed by atoms with Crippen LogP contribution < -0.4 is 0 Å². The number of aromatic nitrogens is 2. The van der Waals surface area contributed by atoms with Crippen LogP contribution in [-0.2, 0) is 17.8 Å². The van der Waals surface area contributed by atoms with Crippen molar-refractivity contribution < 1.29 is 4.74 Å². The summed E-state index contributed by atoms with van der Waals surface area (Å²) >= 11 is 1.76. The number of rotatable bonds is 7. The first-order valence-electron chi connectivity index (χ1n) is 8.09. The van der Waals surface area contributed by atoms with Crippen molar-refractivity contribution in [2.75, 3.05) is 13.2 Å². The number of hydrogen-bond acceptors (Lipinski definition) is 4. The summed E-state index contributed by atoms with van der Waals surface area (Å²) in [5.74, 6) is 0. The molecule has 0 saturated carbocycles. The van der Waals surface area contributed by atoms with Crippen LogP contribution in [0, 0.1) is 0 Å². The smallest absolute Gasteiger partial charge is 0.0703 e. The summed E-state index contributed by atoms with van der Waals surface area (Å²) in [4.78, 5) is 2.49. The summed E-state index contributed by atoms with van der Waals surface area (Å²) in [5.41, 5.74) is 2.67. The predicted molar refractivity (Wildman–Crippen MR) is 90.0 cm³/mol. The van der Waals surface area contributed by atoms with Crippen molar-refractivity contribution in [1.82, 2.24) is 14.7 Å². The highest BCUT2D eigenvalue weighted by molar-refractivity contribution is 7.07. The normalized spacial score (nSPS) is 18.6. The molecule has 0 N–H and O–H groups in total. The first kappa shape index (κ1) is 15.7. The van der Waals surface area contributed by atoms with E-state index in [0.717, 1.165) is 26.2 Å². The van der Waals surface area contributed by atoms with Gasteiger partial charge in [0.1, 0.15) is 0 Å². The fourth-order valence-corrected chi connectivity index (χ4v) is 3.56. The summed E-state index contributed by atoms with van der Waals surface area (Å²) in [7, 11) is 0. The van der Waals surface area contributed by atoms with Crippen LogP contribution in [0.5, 0.6) is 0 Å². The second kappa shape index (κ2) is 7.40. The largest absolute Gasteiger partial charge is 0.377 e. The molecule has 1 fully saturated rings. The molecule has 1 aliphatic heterocycles. The van der Waals surface area contributed by atoms with E-state index in [1.165, 1.54) is 24.0 Å². The zero-order chi connectivity index (χ0) is 15.4. The maximum absolute atomic E-state index is 5.82. The lowest BCUT2D eigenvalue weighted by molar-refractivity contribution is 0.0679. The van der Waals surface area contributed by atoms with Gasteiger partial charge in [-0.05, 0) is 49.1 Å². The van der Waals surface area contributed by atoms with Crippen molar-refractivity contribution in [1.29, 1.82) is 0 Å². The van der Waals surface area contributed by atoms with E-state index >= 15 is 0 Å². The molecule has 0 bridgehead atoms. The number of hydrogen-bond donors (Lipinski definition) is 0. The molecule has 2 aromatic rings. The Labute approximate surface area is 136 Å². The minimum absolute atomic E-state index is 0.388. The van der Waals surface area contributed by atoms with Crippen LogP contribution in [-0.4, -0.2) is 33.9 Å². The van der Waals surface area contributed by atoms with E-state index in [1.54, 1.807) is 11.3 Å². The predicted octanol–water partition coefficient (Wildman–Crippen LogP) is 3.71. The lowest BCUT2D eigenvalue weighted by atomic mass is 10.2. The van der Waals surface area contributed by atoms with Gasteiger partial charge in [-0.3, -0.25) is 9.58 Å². The summed E-state index contributed by atoms with van der Waals surface area (Å²) < 4.78 is 7.86. The average Bonchev–Trinajstić information content (AvgIpc) is 3.19. The van der Waals surface area contributed by atoms with Crippen LogP contribution in [0.25, 0.3) is 0 Å². The van der Waals surface area contributed by atoms with Crippen LogP contribution in [0.4, 0.5) is 0 Å². The highest BCUT2D eigenvalue weighted by Gasteiger charge is 2.20. The Kier molecular flexibility index (Phi) is 5.28. The van der Waals surface area contributed by atoms with Gasteiger partial charge in [-0.1, -0.05) is 0 Å². The third kappa shape index (κ3) is 4.18. The van der Waals surface area contributed by atoms with Crippen LogP contribution in [0.1, 0.15) is 43.9 Å². The van der Waals surface area contributed by atoms with E-state index in [-0.39, 0.29) is 0 Å². The molecule has 0 radical (unpaired) electrons. The summed E-state index contributed by atoms with van der Waals surface area (Å²) in [6, 6.07) is 2.63. The lowest BCUT2D eigenvalue weighted by Crippen LogP contribution is -2.31. The maximum Gasteiger partial charge on any atom is 0.0703 e. The quantitative estimate of drug-likeness (QED) is 0.779. The minimum atomic E-state index is 0.388. The Hall–Kier alpha value is -1.17. The Morgan fingerprint density at radius 3 is 2.91 bits per heavy atom. The Morgan fingerprint density at radius 2 is 2.27 bits per heavy atom. The second-order valence-corrected chi connectivity index (χ2v) is 7.14. The van der Waals surface area contributed by atoms with Gasteiger partial charge in [0.25, 0.3) is 0 Å². The standard InChI is InChI=1S/C17H25N3OS/c1-14(2)20-11-16(8-18-20)10-19(9-15-5-7-22-13-15)12-17-4-3-6-21-17/h5,7-8,11,13-14,17H,3-4,6,9-10,12H2,1-2H3. The molecule has 3 rings (SSSR count). The molecule has 2 aromatic heterocycles. The summed E-state index contributed by atoms with van der Waals surface area (Å²) in [6.45, 7) is 8.15. The zero-order valence-electron chi connectivity index (χ0n) is 13.4. The van der Waals surface area contributed by atoms with E-state index in [4.69, 9.17) is 4.74 Å². The van der Waals surface area contributed by atoms with E-state index in [1.807, 2.05) is 10.9 Å². The molecule has 120 valence electrons. The fraction of sp³-hybridized carbons (Fsp3) is 0.588. The molecule has 1 unspecified atom stereocenters. The molecule has 22 heavy (non-hydrogen) atoms. The van der Waals surface area contributed by atoms with Crippen LogP contribution in [0.2, 0.25) is 0 Å². The van der Waals surface area contributed by atoms with Crippen LogP contribution >= 0.6 is 11.3 Å².